The van der Waals surface area contributed by atoms with Crippen molar-refractivity contribution in [3.05, 3.63) is 65.2 Å². The largest absolute Gasteiger partial charge is 0.497 e. The zero-order chi connectivity index (χ0) is 14.2. The van der Waals surface area contributed by atoms with Gasteiger partial charge < -0.3 is 4.74 Å². The summed E-state index contributed by atoms with van der Waals surface area (Å²) in [5.41, 5.74) is 5.74. The number of rotatable bonds is 2. The lowest BCUT2D eigenvalue weighted by molar-refractivity contribution is 0.415. The van der Waals surface area contributed by atoms with Gasteiger partial charge in [-0.2, -0.15) is 0 Å². The van der Waals surface area contributed by atoms with Crippen LogP contribution in [-0.2, 0) is 5.41 Å². The van der Waals surface area contributed by atoms with Gasteiger partial charge in [0.05, 0.1) is 7.11 Å². The number of methoxy groups -OCH3 is 1. The lowest BCUT2D eigenvalue weighted by atomic mass is 9.86. The molecule has 102 valence electrons. The predicted molar refractivity (Wildman–Crippen MR) is 85.0 cm³/mol. The molecule has 3 rings (SSSR count). The van der Waals surface area contributed by atoms with E-state index in [9.17, 15) is 0 Å². The van der Waals surface area contributed by atoms with Crippen LogP contribution in [0.15, 0.2) is 48.5 Å². The number of allylic oxidation sites excluding steroid dienone is 1. The Kier molecular flexibility index (Phi) is 3.13. The fourth-order valence-electron chi connectivity index (χ4n) is 3.05. The minimum Gasteiger partial charge on any atom is -0.497 e. The Morgan fingerprint density at radius 2 is 1.70 bits per heavy atom. The molecule has 0 saturated carbocycles. The second-order valence-corrected chi connectivity index (χ2v) is 6.05. The van der Waals surface area contributed by atoms with E-state index < -0.39 is 0 Å². The molecule has 0 aliphatic heterocycles. The molecule has 1 heteroatoms. The van der Waals surface area contributed by atoms with Crippen molar-refractivity contribution in [3.63, 3.8) is 0 Å². The van der Waals surface area contributed by atoms with Crippen molar-refractivity contribution in [1.29, 1.82) is 0 Å². The van der Waals surface area contributed by atoms with Gasteiger partial charge in [-0.15, -0.1) is 0 Å². The highest BCUT2D eigenvalue weighted by atomic mass is 16.5. The Hall–Kier alpha value is -2.02. The normalized spacial score (nSPS) is 18.1. The third-order valence-corrected chi connectivity index (χ3v) is 4.09. The number of hydrogen-bond donors (Lipinski definition) is 0. The van der Waals surface area contributed by atoms with Crippen molar-refractivity contribution in [3.8, 4) is 5.75 Å². The smallest absolute Gasteiger partial charge is 0.118 e. The summed E-state index contributed by atoms with van der Waals surface area (Å²) < 4.78 is 5.21. The van der Waals surface area contributed by atoms with Gasteiger partial charge in [-0.1, -0.05) is 56.3 Å². The molecule has 0 atom stereocenters. The lowest BCUT2D eigenvalue weighted by Gasteiger charge is -2.17. The zero-order valence-electron chi connectivity index (χ0n) is 12.3. The van der Waals surface area contributed by atoms with Crippen LogP contribution in [0.5, 0.6) is 5.75 Å². The molecule has 1 aliphatic rings. The summed E-state index contributed by atoms with van der Waals surface area (Å²) >= 11 is 0. The minimum absolute atomic E-state index is 0.231. The first kappa shape index (κ1) is 13.0. The maximum Gasteiger partial charge on any atom is 0.118 e. The molecule has 0 amide bonds. The SMILES string of the molecule is COc1ccc(/C=C2/CC(C)(C)c3ccccc32)cc1. The lowest BCUT2D eigenvalue weighted by Crippen LogP contribution is -2.11. The van der Waals surface area contributed by atoms with Gasteiger partial charge in [0.15, 0.2) is 0 Å². The molecule has 0 heterocycles. The van der Waals surface area contributed by atoms with E-state index in [2.05, 4.69) is 56.3 Å². The van der Waals surface area contributed by atoms with Gasteiger partial charge in [0, 0.05) is 0 Å². The average molecular weight is 264 g/mol. The van der Waals surface area contributed by atoms with Crippen LogP contribution in [0, 0.1) is 0 Å². The van der Waals surface area contributed by atoms with Crippen LogP contribution < -0.4 is 4.74 Å². The molecule has 20 heavy (non-hydrogen) atoms. The van der Waals surface area contributed by atoms with E-state index in [1.54, 1.807) is 7.11 Å². The molecule has 0 bridgehead atoms. The van der Waals surface area contributed by atoms with Crippen molar-refractivity contribution in [2.45, 2.75) is 25.7 Å². The fraction of sp³-hybridized carbons (Fsp3) is 0.263. The van der Waals surface area contributed by atoms with E-state index in [0.717, 1.165) is 12.2 Å². The van der Waals surface area contributed by atoms with E-state index in [4.69, 9.17) is 4.74 Å². The van der Waals surface area contributed by atoms with Gasteiger partial charge in [0.2, 0.25) is 0 Å². The molecule has 0 fully saturated rings. The Labute approximate surface area is 120 Å². The molecule has 1 nitrogen and oxygen atoms in total. The van der Waals surface area contributed by atoms with E-state index in [1.165, 1.54) is 22.3 Å². The van der Waals surface area contributed by atoms with E-state index in [-0.39, 0.29) is 5.41 Å². The Balaban J connectivity index is 2.00. The summed E-state index contributed by atoms with van der Waals surface area (Å²) in [6.07, 6.45) is 3.39. The number of ether oxygens (including phenoxy) is 1. The highest BCUT2D eigenvalue weighted by Gasteiger charge is 2.32. The van der Waals surface area contributed by atoms with Gasteiger partial charge in [-0.05, 0) is 46.2 Å². The third-order valence-electron chi connectivity index (χ3n) is 4.09. The molecule has 0 N–H and O–H groups in total. The van der Waals surface area contributed by atoms with Crippen molar-refractivity contribution < 1.29 is 4.74 Å². The Morgan fingerprint density at radius 3 is 2.40 bits per heavy atom. The molecule has 0 unspecified atom stereocenters. The summed E-state index contributed by atoms with van der Waals surface area (Å²) in [5.74, 6) is 0.902. The molecule has 0 spiro atoms. The van der Waals surface area contributed by atoms with E-state index >= 15 is 0 Å². The summed E-state index contributed by atoms with van der Waals surface area (Å²) in [7, 11) is 1.70. The molecule has 2 aromatic rings. The van der Waals surface area contributed by atoms with Crippen molar-refractivity contribution in [1.82, 2.24) is 0 Å². The molecular weight excluding hydrogens is 244 g/mol. The van der Waals surface area contributed by atoms with Crippen LogP contribution in [0.3, 0.4) is 0 Å². The fourth-order valence-corrected chi connectivity index (χ4v) is 3.05. The number of fused-ring (bicyclic) bond motifs is 1. The summed E-state index contributed by atoms with van der Waals surface area (Å²) in [4.78, 5) is 0. The molecule has 2 aromatic carbocycles. The minimum atomic E-state index is 0.231. The second kappa shape index (κ2) is 4.82. The molecule has 0 saturated heterocycles. The molecular formula is C19H20O. The topological polar surface area (TPSA) is 9.23 Å². The van der Waals surface area contributed by atoms with Crippen LogP contribution in [0.2, 0.25) is 0 Å². The first-order valence-corrected chi connectivity index (χ1v) is 7.05. The van der Waals surface area contributed by atoms with Crippen molar-refractivity contribution in [2.75, 3.05) is 7.11 Å². The second-order valence-electron chi connectivity index (χ2n) is 6.05. The summed E-state index contributed by atoms with van der Waals surface area (Å²) in [5, 5.41) is 0. The monoisotopic (exact) mass is 264 g/mol. The van der Waals surface area contributed by atoms with Crippen molar-refractivity contribution in [2.24, 2.45) is 0 Å². The third kappa shape index (κ3) is 2.24. The van der Waals surface area contributed by atoms with Crippen LogP contribution in [0.25, 0.3) is 11.6 Å². The van der Waals surface area contributed by atoms with Crippen LogP contribution in [0.1, 0.15) is 37.0 Å². The number of hydrogen-bond acceptors (Lipinski definition) is 1. The highest BCUT2D eigenvalue weighted by molar-refractivity contribution is 5.87. The predicted octanol–water partition coefficient (Wildman–Crippen LogP) is 4.92. The highest BCUT2D eigenvalue weighted by Crippen LogP contribution is 2.45. The van der Waals surface area contributed by atoms with Gasteiger partial charge in [0.1, 0.15) is 5.75 Å². The Morgan fingerprint density at radius 1 is 1.00 bits per heavy atom. The zero-order valence-corrected chi connectivity index (χ0v) is 12.3. The molecule has 0 radical (unpaired) electrons. The standard InChI is InChI=1S/C19H20O/c1-19(2)13-15(17-6-4-5-7-18(17)19)12-14-8-10-16(20-3)11-9-14/h4-12H,13H2,1-3H3/b15-12-. The first-order chi connectivity index (χ1) is 9.60. The van der Waals surface area contributed by atoms with E-state index in [1.807, 2.05) is 12.1 Å². The van der Waals surface area contributed by atoms with Gasteiger partial charge in [-0.25, -0.2) is 0 Å². The average Bonchev–Trinajstić information content (AvgIpc) is 2.72. The maximum absolute atomic E-state index is 5.21. The molecule has 0 aromatic heterocycles. The Bertz CT molecular complexity index is 648. The maximum atomic E-state index is 5.21. The number of benzene rings is 2. The first-order valence-electron chi connectivity index (χ1n) is 7.05. The van der Waals surface area contributed by atoms with Crippen molar-refractivity contribution >= 4 is 11.6 Å². The van der Waals surface area contributed by atoms with Crippen LogP contribution in [0.4, 0.5) is 0 Å². The van der Waals surface area contributed by atoms with Gasteiger partial charge in [0.25, 0.3) is 0 Å². The van der Waals surface area contributed by atoms with Gasteiger partial charge >= 0.3 is 0 Å². The summed E-state index contributed by atoms with van der Waals surface area (Å²) in [6, 6.07) is 17.0. The molecule has 1 aliphatic carbocycles. The quantitative estimate of drug-likeness (QED) is 0.748. The van der Waals surface area contributed by atoms with E-state index in [0.29, 0.717) is 0 Å². The van der Waals surface area contributed by atoms with Crippen LogP contribution >= 0.6 is 0 Å². The van der Waals surface area contributed by atoms with Gasteiger partial charge in [-0.3, -0.25) is 0 Å². The van der Waals surface area contributed by atoms with Crippen LogP contribution in [-0.4, -0.2) is 7.11 Å². The summed E-state index contributed by atoms with van der Waals surface area (Å²) in [6.45, 7) is 4.64.